The van der Waals surface area contributed by atoms with E-state index in [2.05, 4.69) is 36.1 Å². The Hall–Kier alpha value is -2.93. The topological polar surface area (TPSA) is 73.3 Å². The van der Waals surface area contributed by atoms with Gasteiger partial charge in [0.15, 0.2) is 6.61 Å². The van der Waals surface area contributed by atoms with E-state index in [1.54, 1.807) is 19.5 Å². The Morgan fingerprint density at radius 1 is 1.17 bits per heavy atom. The largest absolute Gasteiger partial charge is 0.497 e. The van der Waals surface area contributed by atoms with Crippen LogP contribution in [0.3, 0.4) is 0 Å². The number of carbonyl (C=O) groups excluding carboxylic acids is 1. The van der Waals surface area contributed by atoms with Crippen molar-refractivity contribution in [2.45, 2.75) is 32.7 Å². The van der Waals surface area contributed by atoms with Gasteiger partial charge in [-0.3, -0.25) is 9.78 Å². The van der Waals surface area contributed by atoms with E-state index in [0.29, 0.717) is 12.3 Å². The number of rotatable bonds is 7. The lowest BCUT2D eigenvalue weighted by atomic mass is 9.86. The van der Waals surface area contributed by atoms with Crippen molar-refractivity contribution in [3.05, 3.63) is 59.4 Å². The first-order chi connectivity index (χ1) is 13.9. The summed E-state index contributed by atoms with van der Waals surface area (Å²) in [6, 6.07) is 9.45. The molecule has 152 valence electrons. The Bertz CT molecular complexity index is 965. The maximum Gasteiger partial charge on any atom is 0.258 e. The van der Waals surface area contributed by atoms with E-state index >= 15 is 0 Å². The molecule has 0 aliphatic rings. The van der Waals surface area contributed by atoms with Gasteiger partial charge in [-0.15, -0.1) is 11.3 Å². The molecule has 0 unspecified atom stereocenters. The van der Waals surface area contributed by atoms with Gasteiger partial charge >= 0.3 is 0 Å². The molecule has 0 atom stereocenters. The predicted octanol–water partition coefficient (Wildman–Crippen LogP) is 4.21. The van der Waals surface area contributed by atoms with E-state index in [1.165, 1.54) is 11.3 Å². The molecule has 3 aromatic rings. The zero-order valence-corrected chi connectivity index (χ0v) is 17.9. The summed E-state index contributed by atoms with van der Waals surface area (Å²) < 4.78 is 11.1. The molecule has 2 aromatic heterocycles. The zero-order valence-electron chi connectivity index (χ0n) is 17.1. The lowest BCUT2D eigenvalue weighted by Crippen LogP contribution is -2.29. The van der Waals surface area contributed by atoms with Crippen LogP contribution >= 0.6 is 11.3 Å². The first kappa shape index (κ1) is 20.8. The molecule has 0 fully saturated rings. The average molecular weight is 412 g/mol. The van der Waals surface area contributed by atoms with Crippen LogP contribution in [0.15, 0.2) is 48.1 Å². The zero-order chi connectivity index (χ0) is 20.9. The molecule has 7 heteroatoms. The highest BCUT2D eigenvalue weighted by Crippen LogP contribution is 2.34. The number of aromatic nitrogens is 2. The molecule has 1 aromatic carbocycles. The average Bonchev–Trinajstić information content (AvgIpc) is 3.19. The van der Waals surface area contributed by atoms with Gasteiger partial charge in [0, 0.05) is 28.9 Å². The standard InChI is InChI=1S/C22H25N3O3S/c1-22(2,3)18-11-17(27-4)5-6-19(18)28-13-20(26)24-12-16-14-29-21(25-16)15-7-9-23-10-8-15/h5-11,14H,12-13H2,1-4H3,(H,24,26). The van der Waals surface area contributed by atoms with Crippen LogP contribution in [0.25, 0.3) is 10.6 Å². The SMILES string of the molecule is COc1ccc(OCC(=O)NCc2csc(-c3ccncc3)n2)c(C(C)(C)C)c1. The first-order valence-corrected chi connectivity index (χ1v) is 10.2. The smallest absolute Gasteiger partial charge is 0.258 e. The van der Waals surface area contributed by atoms with Crippen LogP contribution in [-0.4, -0.2) is 29.6 Å². The molecule has 1 amide bonds. The molecule has 2 heterocycles. The third-order valence-electron chi connectivity index (χ3n) is 4.30. The highest BCUT2D eigenvalue weighted by Gasteiger charge is 2.20. The molecule has 6 nitrogen and oxygen atoms in total. The van der Waals surface area contributed by atoms with Crippen LogP contribution in [0.2, 0.25) is 0 Å². The Morgan fingerprint density at radius 2 is 1.93 bits per heavy atom. The number of amides is 1. The molecular formula is C22H25N3O3S. The third-order valence-corrected chi connectivity index (χ3v) is 5.24. The summed E-state index contributed by atoms with van der Waals surface area (Å²) in [4.78, 5) is 20.8. The first-order valence-electron chi connectivity index (χ1n) is 9.29. The summed E-state index contributed by atoms with van der Waals surface area (Å²) in [6.45, 7) is 6.58. The van der Waals surface area contributed by atoms with Crippen molar-refractivity contribution in [2.75, 3.05) is 13.7 Å². The number of carbonyl (C=O) groups is 1. The number of hydrogen-bond donors (Lipinski definition) is 1. The number of benzene rings is 1. The van der Waals surface area contributed by atoms with Gasteiger partial charge in [-0.1, -0.05) is 20.8 Å². The Labute approximate surface area is 174 Å². The van der Waals surface area contributed by atoms with Crippen molar-refractivity contribution < 1.29 is 14.3 Å². The fourth-order valence-corrected chi connectivity index (χ4v) is 3.57. The summed E-state index contributed by atoms with van der Waals surface area (Å²) in [7, 11) is 1.63. The number of hydrogen-bond acceptors (Lipinski definition) is 6. The van der Waals surface area contributed by atoms with Gasteiger partial charge in [0.05, 0.1) is 19.3 Å². The molecular weight excluding hydrogens is 386 g/mol. The maximum absolute atomic E-state index is 12.3. The van der Waals surface area contributed by atoms with Crippen molar-refractivity contribution in [2.24, 2.45) is 0 Å². The minimum atomic E-state index is -0.195. The van der Waals surface area contributed by atoms with Crippen LogP contribution in [0.1, 0.15) is 32.0 Å². The summed E-state index contributed by atoms with van der Waals surface area (Å²) in [5, 5.41) is 5.70. The van der Waals surface area contributed by atoms with E-state index < -0.39 is 0 Å². The Balaban J connectivity index is 1.56. The number of pyridine rings is 1. The minimum Gasteiger partial charge on any atom is -0.497 e. The Kier molecular flexibility index (Phi) is 6.49. The van der Waals surface area contributed by atoms with Crippen molar-refractivity contribution in [1.29, 1.82) is 0 Å². The number of ether oxygens (including phenoxy) is 2. The van der Waals surface area contributed by atoms with E-state index in [4.69, 9.17) is 9.47 Å². The van der Waals surface area contributed by atoms with Gasteiger partial charge in [0.2, 0.25) is 0 Å². The van der Waals surface area contributed by atoms with E-state index in [-0.39, 0.29) is 17.9 Å². The van der Waals surface area contributed by atoms with Crippen LogP contribution in [0.5, 0.6) is 11.5 Å². The molecule has 29 heavy (non-hydrogen) atoms. The van der Waals surface area contributed by atoms with E-state index in [0.717, 1.165) is 27.6 Å². The van der Waals surface area contributed by atoms with Gasteiger partial charge in [-0.25, -0.2) is 4.98 Å². The van der Waals surface area contributed by atoms with E-state index in [1.807, 2.05) is 35.7 Å². The lowest BCUT2D eigenvalue weighted by molar-refractivity contribution is -0.123. The van der Waals surface area contributed by atoms with Gasteiger partial charge < -0.3 is 14.8 Å². The van der Waals surface area contributed by atoms with Crippen molar-refractivity contribution in [1.82, 2.24) is 15.3 Å². The van der Waals surface area contributed by atoms with Crippen molar-refractivity contribution in [3.63, 3.8) is 0 Å². The normalized spacial score (nSPS) is 11.2. The fraction of sp³-hybridized carbons (Fsp3) is 0.318. The quantitative estimate of drug-likeness (QED) is 0.631. The summed E-state index contributed by atoms with van der Waals surface area (Å²) >= 11 is 1.54. The number of methoxy groups -OCH3 is 1. The Morgan fingerprint density at radius 3 is 2.62 bits per heavy atom. The molecule has 0 spiro atoms. The minimum absolute atomic E-state index is 0.0588. The lowest BCUT2D eigenvalue weighted by Gasteiger charge is -2.23. The molecule has 0 aliphatic carbocycles. The monoisotopic (exact) mass is 411 g/mol. The van der Waals surface area contributed by atoms with E-state index in [9.17, 15) is 4.79 Å². The summed E-state index contributed by atoms with van der Waals surface area (Å²) in [5.74, 6) is 1.25. The van der Waals surface area contributed by atoms with Crippen molar-refractivity contribution >= 4 is 17.2 Å². The van der Waals surface area contributed by atoms with Crippen LogP contribution in [-0.2, 0) is 16.8 Å². The number of thiazole rings is 1. The molecule has 0 aliphatic heterocycles. The van der Waals surface area contributed by atoms with Crippen LogP contribution < -0.4 is 14.8 Å². The predicted molar refractivity (Wildman–Crippen MR) is 114 cm³/mol. The van der Waals surface area contributed by atoms with Crippen LogP contribution in [0, 0.1) is 0 Å². The second kappa shape index (κ2) is 9.05. The molecule has 1 N–H and O–H groups in total. The summed E-state index contributed by atoms with van der Waals surface area (Å²) in [5.41, 5.74) is 2.69. The maximum atomic E-state index is 12.3. The fourth-order valence-electron chi connectivity index (χ4n) is 2.75. The van der Waals surface area contributed by atoms with Crippen molar-refractivity contribution in [3.8, 4) is 22.1 Å². The molecule has 0 radical (unpaired) electrons. The number of nitrogens with zero attached hydrogens (tertiary/aromatic N) is 2. The molecule has 0 bridgehead atoms. The summed E-state index contributed by atoms with van der Waals surface area (Å²) in [6.07, 6.45) is 3.47. The van der Waals surface area contributed by atoms with Gasteiger partial charge in [-0.05, 0) is 35.7 Å². The van der Waals surface area contributed by atoms with Gasteiger partial charge in [-0.2, -0.15) is 0 Å². The second-order valence-corrected chi connectivity index (χ2v) is 8.42. The molecule has 0 saturated heterocycles. The van der Waals surface area contributed by atoms with Gasteiger partial charge in [0.1, 0.15) is 16.5 Å². The highest BCUT2D eigenvalue weighted by molar-refractivity contribution is 7.13. The molecule has 3 rings (SSSR count). The van der Waals surface area contributed by atoms with Gasteiger partial charge in [0.25, 0.3) is 5.91 Å². The molecule has 0 saturated carbocycles. The number of nitrogens with one attached hydrogen (secondary N) is 1. The third kappa shape index (κ3) is 5.54. The van der Waals surface area contributed by atoms with Crippen LogP contribution in [0.4, 0.5) is 0 Å². The second-order valence-electron chi connectivity index (χ2n) is 7.56. The highest BCUT2D eigenvalue weighted by atomic mass is 32.1.